The van der Waals surface area contributed by atoms with Gasteiger partial charge in [0.05, 0.1) is 18.3 Å². The Hall–Kier alpha value is -1.35. The normalized spacial score (nSPS) is 12.1. The summed E-state index contributed by atoms with van der Waals surface area (Å²) in [5.74, 6) is -0.304. The molecule has 0 heterocycles. The molecule has 0 saturated heterocycles. The largest absolute Gasteiger partial charge is 0.462 e. The number of carbonyl (C=O) groups is 1. The standard InChI is InChI=1S/C12H16O3/c1-10(13)6-5-9-15-12(14)11-7-3-2-4-8-11/h2-4,7-8,10,13H,5-6,9H2,1H3. The van der Waals surface area contributed by atoms with Gasteiger partial charge in [0.2, 0.25) is 0 Å². The van der Waals surface area contributed by atoms with Gasteiger partial charge in [-0.1, -0.05) is 18.2 Å². The summed E-state index contributed by atoms with van der Waals surface area (Å²) in [5.41, 5.74) is 0.564. The smallest absolute Gasteiger partial charge is 0.338 e. The number of aliphatic hydroxyl groups is 1. The number of hydrogen-bond donors (Lipinski definition) is 1. The third-order valence-electron chi connectivity index (χ3n) is 2.01. The number of esters is 1. The molecule has 1 aromatic rings. The highest BCUT2D eigenvalue weighted by molar-refractivity contribution is 5.89. The molecule has 0 bridgehead atoms. The Kier molecular flexibility index (Phi) is 4.84. The second kappa shape index (κ2) is 6.19. The molecule has 3 heteroatoms. The Morgan fingerprint density at radius 1 is 1.40 bits per heavy atom. The summed E-state index contributed by atoms with van der Waals surface area (Å²) >= 11 is 0. The maximum absolute atomic E-state index is 11.4. The molecule has 0 spiro atoms. The predicted molar refractivity (Wildman–Crippen MR) is 57.6 cm³/mol. The van der Waals surface area contributed by atoms with Crippen LogP contribution in [0.3, 0.4) is 0 Å². The van der Waals surface area contributed by atoms with Crippen LogP contribution in [0.5, 0.6) is 0 Å². The van der Waals surface area contributed by atoms with Crippen molar-refractivity contribution >= 4 is 5.97 Å². The number of carbonyl (C=O) groups excluding carboxylic acids is 1. The summed E-state index contributed by atoms with van der Waals surface area (Å²) in [4.78, 5) is 11.4. The van der Waals surface area contributed by atoms with Crippen molar-refractivity contribution in [2.75, 3.05) is 6.61 Å². The van der Waals surface area contributed by atoms with Gasteiger partial charge in [-0.25, -0.2) is 4.79 Å². The number of aliphatic hydroxyl groups excluding tert-OH is 1. The van der Waals surface area contributed by atoms with Gasteiger partial charge in [0, 0.05) is 0 Å². The van der Waals surface area contributed by atoms with E-state index in [1.807, 2.05) is 6.07 Å². The van der Waals surface area contributed by atoms with Gasteiger partial charge in [0.15, 0.2) is 0 Å². The number of hydrogen-bond acceptors (Lipinski definition) is 3. The van der Waals surface area contributed by atoms with E-state index in [0.717, 1.165) is 0 Å². The third-order valence-corrected chi connectivity index (χ3v) is 2.01. The Morgan fingerprint density at radius 2 is 2.07 bits per heavy atom. The lowest BCUT2D eigenvalue weighted by Crippen LogP contribution is -2.08. The summed E-state index contributed by atoms with van der Waals surface area (Å²) < 4.78 is 5.03. The number of ether oxygens (including phenoxy) is 1. The van der Waals surface area contributed by atoms with Crippen LogP contribution in [0, 0.1) is 0 Å². The highest BCUT2D eigenvalue weighted by atomic mass is 16.5. The van der Waals surface area contributed by atoms with Gasteiger partial charge in [0.25, 0.3) is 0 Å². The van der Waals surface area contributed by atoms with Crippen molar-refractivity contribution in [1.82, 2.24) is 0 Å². The first-order valence-electron chi connectivity index (χ1n) is 5.10. The highest BCUT2D eigenvalue weighted by Crippen LogP contribution is 2.02. The second-order valence-electron chi connectivity index (χ2n) is 3.49. The van der Waals surface area contributed by atoms with Crippen molar-refractivity contribution in [3.8, 4) is 0 Å². The molecule has 82 valence electrons. The second-order valence-corrected chi connectivity index (χ2v) is 3.49. The van der Waals surface area contributed by atoms with Gasteiger partial charge in [-0.2, -0.15) is 0 Å². The molecular formula is C12H16O3. The Balaban J connectivity index is 2.25. The molecule has 1 N–H and O–H groups in total. The molecule has 1 unspecified atom stereocenters. The third kappa shape index (κ3) is 4.61. The van der Waals surface area contributed by atoms with Gasteiger partial charge < -0.3 is 9.84 Å². The van der Waals surface area contributed by atoms with Crippen LogP contribution in [0.2, 0.25) is 0 Å². The van der Waals surface area contributed by atoms with E-state index >= 15 is 0 Å². The lowest BCUT2D eigenvalue weighted by molar-refractivity contribution is 0.0481. The summed E-state index contributed by atoms with van der Waals surface area (Å²) in [7, 11) is 0. The molecule has 0 aliphatic heterocycles. The van der Waals surface area contributed by atoms with Crippen LogP contribution in [0.25, 0.3) is 0 Å². The van der Waals surface area contributed by atoms with Crippen LogP contribution in [0.15, 0.2) is 30.3 Å². The minimum Gasteiger partial charge on any atom is -0.462 e. The van der Waals surface area contributed by atoms with E-state index in [1.165, 1.54) is 0 Å². The lowest BCUT2D eigenvalue weighted by atomic mass is 10.2. The minimum absolute atomic E-state index is 0.304. The van der Waals surface area contributed by atoms with Crippen LogP contribution < -0.4 is 0 Å². The van der Waals surface area contributed by atoms with Crippen molar-refractivity contribution in [2.45, 2.75) is 25.9 Å². The molecule has 0 aliphatic carbocycles. The molecule has 0 aliphatic rings. The zero-order chi connectivity index (χ0) is 11.1. The van der Waals surface area contributed by atoms with Crippen LogP contribution in [0.4, 0.5) is 0 Å². The van der Waals surface area contributed by atoms with Crippen LogP contribution >= 0.6 is 0 Å². The quantitative estimate of drug-likeness (QED) is 0.594. The fourth-order valence-corrected chi connectivity index (χ4v) is 1.20. The Morgan fingerprint density at radius 3 is 2.67 bits per heavy atom. The van der Waals surface area contributed by atoms with Gasteiger partial charge in [-0.15, -0.1) is 0 Å². The van der Waals surface area contributed by atoms with Crippen LogP contribution in [-0.2, 0) is 4.74 Å². The van der Waals surface area contributed by atoms with E-state index in [1.54, 1.807) is 31.2 Å². The maximum Gasteiger partial charge on any atom is 0.338 e. The van der Waals surface area contributed by atoms with E-state index in [-0.39, 0.29) is 12.1 Å². The van der Waals surface area contributed by atoms with Gasteiger partial charge in [0.1, 0.15) is 0 Å². The predicted octanol–water partition coefficient (Wildman–Crippen LogP) is 2.00. The van der Waals surface area contributed by atoms with Crippen molar-refractivity contribution in [2.24, 2.45) is 0 Å². The molecule has 0 amide bonds. The maximum atomic E-state index is 11.4. The first-order valence-corrected chi connectivity index (χ1v) is 5.10. The van der Waals surface area contributed by atoms with Crippen molar-refractivity contribution < 1.29 is 14.6 Å². The zero-order valence-electron chi connectivity index (χ0n) is 8.85. The molecule has 1 rings (SSSR count). The minimum atomic E-state index is -0.333. The van der Waals surface area contributed by atoms with Gasteiger partial charge >= 0.3 is 5.97 Å². The molecular weight excluding hydrogens is 192 g/mol. The Labute approximate surface area is 89.7 Å². The molecule has 3 nitrogen and oxygen atoms in total. The Bertz CT molecular complexity index is 293. The lowest BCUT2D eigenvalue weighted by Gasteiger charge is -2.05. The first kappa shape index (κ1) is 11.7. The average Bonchev–Trinajstić information content (AvgIpc) is 2.25. The molecule has 1 atom stereocenters. The van der Waals surface area contributed by atoms with Crippen molar-refractivity contribution in [3.63, 3.8) is 0 Å². The van der Waals surface area contributed by atoms with Crippen LogP contribution in [-0.4, -0.2) is 23.8 Å². The number of rotatable bonds is 5. The zero-order valence-corrected chi connectivity index (χ0v) is 8.85. The SMILES string of the molecule is CC(O)CCCOC(=O)c1ccccc1. The first-order chi connectivity index (χ1) is 7.20. The van der Waals surface area contributed by atoms with E-state index < -0.39 is 0 Å². The summed E-state index contributed by atoms with van der Waals surface area (Å²) in [6, 6.07) is 8.89. The molecule has 0 aromatic heterocycles. The fraction of sp³-hybridized carbons (Fsp3) is 0.417. The number of benzene rings is 1. The van der Waals surface area contributed by atoms with E-state index in [9.17, 15) is 4.79 Å². The highest BCUT2D eigenvalue weighted by Gasteiger charge is 2.05. The summed E-state index contributed by atoms with van der Waals surface area (Å²) in [5, 5.41) is 8.99. The van der Waals surface area contributed by atoms with Crippen molar-refractivity contribution in [1.29, 1.82) is 0 Å². The molecule has 0 radical (unpaired) electrons. The summed E-state index contributed by atoms with van der Waals surface area (Å²) in [6.45, 7) is 2.08. The fourth-order valence-electron chi connectivity index (χ4n) is 1.20. The van der Waals surface area contributed by atoms with Gasteiger partial charge in [-0.05, 0) is 31.9 Å². The topological polar surface area (TPSA) is 46.5 Å². The van der Waals surface area contributed by atoms with E-state index in [2.05, 4.69) is 0 Å². The van der Waals surface area contributed by atoms with Gasteiger partial charge in [-0.3, -0.25) is 0 Å². The van der Waals surface area contributed by atoms with Crippen LogP contribution in [0.1, 0.15) is 30.1 Å². The molecule has 0 fully saturated rings. The molecule has 1 aromatic carbocycles. The van der Waals surface area contributed by atoms with E-state index in [0.29, 0.717) is 25.0 Å². The van der Waals surface area contributed by atoms with Crippen molar-refractivity contribution in [3.05, 3.63) is 35.9 Å². The van der Waals surface area contributed by atoms with E-state index in [4.69, 9.17) is 9.84 Å². The molecule has 0 saturated carbocycles. The summed E-state index contributed by atoms with van der Waals surface area (Å²) in [6.07, 6.45) is 1.01. The monoisotopic (exact) mass is 208 g/mol. The molecule has 15 heavy (non-hydrogen) atoms. The average molecular weight is 208 g/mol.